The van der Waals surface area contributed by atoms with Crippen molar-refractivity contribution in [3.63, 3.8) is 0 Å². The van der Waals surface area contributed by atoms with E-state index in [0.717, 1.165) is 11.5 Å². The predicted molar refractivity (Wildman–Crippen MR) is 121 cm³/mol. The first-order valence-electron chi connectivity index (χ1n) is 10.3. The van der Waals surface area contributed by atoms with Crippen molar-refractivity contribution in [2.75, 3.05) is 5.32 Å². The lowest BCUT2D eigenvalue weighted by molar-refractivity contribution is -0.118. The van der Waals surface area contributed by atoms with Crippen molar-refractivity contribution in [2.45, 2.75) is 76.8 Å². The van der Waals surface area contributed by atoms with E-state index in [-0.39, 0.29) is 28.9 Å². The topological polar surface area (TPSA) is 103 Å². The fourth-order valence-corrected chi connectivity index (χ4v) is 3.76. The number of hydrogen-bond donors (Lipinski definition) is 2. The Labute approximate surface area is 183 Å². The summed E-state index contributed by atoms with van der Waals surface area (Å²) >= 11 is 1.36. The Balaban J connectivity index is 2.07. The Bertz CT molecular complexity index is 869. The standard InChI is InChI=1S/C22H33N5O2S/c1-14(2)13-27-19(12-11-18(23)28)25-26-21(27)30-15(3)20(29)24-17-9-7-16(8-10-17)22(4,5)6/h7-10,14-15H,11-13H2,1-6H3,(H2,23,28)(H,24,29)/t15-/m1/s1. The quantitative estimate of drug-likeness (QED) is 0.588. The van der Waals surface area contributed by atoms with E-state index in [0.29, 0.717) is 24.0 Å². The van der Waals surface area contributed by atoms with E-state index in [1.54, 1.807) is 0 Å². The number of thioether (sulfide) groups is 1. The van der Waals surface area contributed by atoms with E-state index in [1.807, 2.05) is 35.8 Å². The second-order valence-corrected chi connectivity index (χ2v) is 10.3. The maximum absolute atomic E-state index is 12.7. The van der Waals surface area contributed by atoms with Gasteiger partial charge in [-0.2, -0.15) is 0 Å². The van der Waals surface area contributed by atoms with Crippen molar-refractivity contribution in [3.8, 4) is 0 Å². The number of benzene rings is 1. The zero-order valence-corrected chi connectivity index (χ0v) is 19.5. The molecule has 1 atom stereocenters. The second-order valence-electron chi connectivity index (χ2n) is 8.95. The average molecular weight is 432 g/mol. The highest BCUT2D eigenvalue weighted by atomic mass is 32.2. The fraction of sp³-hybridized carbons (Fsp3) is 0.545. The zero-order chi connectivity index (χ0) is 22.5. The molecule has 0 fully saturated rings. The summed E-state index contributed by atoms with van der Waals surface area (Å²) in [5.41, 5.74) is 7.32. The first-order chi connectivity index (χ1) is 14.0. The Hall–Kier alpha value is -2.35. The van der Waals surface area contributed by atoms with Crippen LogP contribution in [0.4, 0.5) is 5.69 Å². The van der Waals surface area contributed by atoms with Gasteiger partial charge in [0.15, 0.2) is 5.16 Å². The number of aryl methyl sites for hydroxylation is 1. The lowest BCUT2D eigenvalue weighted by Gasteiger charge is -2.19. The van der Waals surface area contributed by atoms with Gasteiger partial charge in [-0.25, -0.2) is 0 Å². The minimum Gasteiger partial charge on any atom is -0.370 e. The molecule has 0 unspecified atom stereocenters. The minimum atomic E-state index is -0.367. The van der Waals surface area contributed by atoms with Gasteiger partial charge in [0, 0.05) is 25.1 Å². The fourth-order valence-electron chi connectivity index (χ4n) is 2.88. The highest BCUT2D eigenvalue weighted by Crippen LogP contribution is 2.26. The van der Waals surface area contributed by atoms with Gasteiger partial charge in [0.1, 0.15) is 5.82 Å². The van der Waals surface area contributed by atoms with Crippen molar-refractivity contribution in [2.24, 2.45) is 11.7 Å². The van der Waals surface area contributed by atoms with Crippen molar-refractivity contribution < 1.29 is 9.59 Å². The normalized spacial score (nSPS) is 12.8. The molecule has 0 radical (unpaired) electrons. The van der Waals surface area contributed by atoms with Crippen LogP contribution in [0.1, 0.15) is 59.4 Å². The van der Waals surface area contributed by atoms with E-state index >= 15 is 0 Å². The Morgan fingerprint density at radius 2 is 1.77 bits per heavy atom. The molecule has 0 aliphatic carbocycles. The molecule has 2 rings (SSSR count). The molecule has 7 nitrogen and oxygen atoms in total. The minimum absolute atomic E-state index is 0.0679. The van der Waals surface area contributed by atoms with Gasteiger partial charge < -0.3 is 15.6 Å². The van der Waals surface area contributed by atoms with Crippen LogP contribution in [0, 0.1) is 5.92 Å². The summed E-state index contributed by atoms with van der Waals surface area (Å²) in [4.78, 5) is 23.8. The molecule has 8 heteroatoms. The van der Waals surface area contributed by atoms with Crippen LogP contribution in [0.3, 0.4) is 0 Å². The summed E-state index contributed by atoms with van der Waals surface area (Å²) in [5.74, 6) is 0.628. The number of anilines is 1. The van der Waals surface area contributed by atoms with E-state index in [9.17, 15) is 9.59 Å². The third-order valence-electron chi connectivity index (χ3n) is 4.61. The predicted octanol–water partition coefficient (Wildman–Crippen LogP) is 3.77. The van der Waals surface area contributed by atoms with Crippen LogP contribution < -0.4 is 11.1 Å². The van der Waals surface area contributed by atoms with Crippen LogP contribution >= 0.6 is 11.8 Å². The molecule has 3 N–H and O–H groups in total. The molecule has 0 aliphatic heterocycles. The van der Waals surface area contributed by atoms with Crippen LogP contribution in [-0.2, 0) is 28.0 Å². The zero-order valence-electron chi connectivity index (χ0n) is 18.7. The highest BCUT2D eigenvalue weighted by molar-refractivity contribution is 8.00. The smallest absolute Gasteiger partial charge is 0.237 e. The lowest BCUT2D eigenvalue weighted by Crippen LogP contribution is -2.23. The van der Waals surface area contributed by atoms with Crippen LogP contribution in [-0.4, -0.2) is 31.8 Å². The number of aromatic nitrogens is 3. The summed E-state index contributed by atoms with van der Waals surface area (Å²) in [6, 6.07) is 7.94. The van der Waals surface area contributed by atoms with Crippen molar-refractivity contribution >= 4 is 29.3 Å². The van der Waals surface area contributed by atoms with Gasteiger partial charge in [-0.1, -0.05) is 58.5 Å². The number of carbonyl (C=O) groups is 2. The van der Waals surface area contributed by atoms with Crippen LogP contribution in [0.2, 0.25) is 0 Å². The van der Waals surface area contributed by atoms with E-state index in [4.69, 9.17) is 5.73 Å². The Morgan fingerprint density at radius 1 is 1.13 bits per heavy atom. The SMILES string of the molecule is CC(C)Cn1c(CCC(N)=O)nnc1S[C@H](C)C(=O)Nc1ccc(C(C)(C)C)cc1. The number of hydrogen-bond acceptors (Lipinski definition) is 5. The van der Waals surface area contributed by atoms with Gasteiger partial charge >= 0.3 is 0 Å². The summed E-state index contributed by atoms with van der Waals surface area (Å²) in [6.45, 7) is 13.2. The van der Waals surface area contributed by atoms with Crippen molar-refractivity contribution in [1.82, 2.24) is 14.8 Å². The largest absolute Gasteiger partial charge is 0.370 e. The molecule has 0 aliphatic rings. The number of nitrogens with two attached hydrogens (primary N) is 1. The summed E-state index contributed by atoms with van der Waals surface area (Å²) in [6.07, 6.45) is 0.664. The molecule has 0 saturated carbocycles. The van der Waals surface area contributed by atoms with E-state index < -0.39 is 0 Å². The maximum atomic E-state index is 12.7. The van der Waals surface area contributed by atoms with E-state index in [2.05, 4.69) is 50.1 Å². The molecular formula is C22H33N5O2S. The van der Waals surface area contributed by atoms with Gasteiger partial charge in [-0.15, -0.1) is 10.2 Å². The third kappa shape index (κ3) is 6.86. The van der Waals surface area contributed by atoms with Crippen LogP contribution in [0.15, 0.2) is 29.4 Å². The molecular weight excluding hydrogens is 398 g/mol. The monoisotopic (exact) mass is 431 g/mol. The van der Waals surface area contributed by atoms with Gasteiger partial charge in [0.2, 0.25) is 11.8 Å². The van der Waals surface area contributed by atoms with Gasteiger partial charge in [0.25, 0.3) is 0 Å². The molecule has 2 aromatic rings. The summed E-state index contributed by atoms with van der Waals surface area (Å²) in [5, 5.41) is 11.8. The molecule has 1 heterocycles. The first kappa shape index (κ1) is 23.9. The second kappa shape index (κ2) is 10.1. The average Bonchev–Trinajstić information content (AvgIpc) is 3.00. The number of nitrogens with zero attached hydrogens (tertiary/aromatic N) is 3. The molecule has 1 aromatic heterocycles. The van der Waals surface area contributed by atoms with Gasteiger partial charge in [-0.3, -0.25) is 9.59 Å². The van der Waals surface area contributed by atoms with E-state index in [1.165, 1.54) is 17.3 Å². The van der Waals surface area contributed by atoms with Crippen LogP contribution in [0.5, 0.6) is 0 Å². The number of primary amides is 1. The maximum Gasteiger partial charge on any atom is 0.237 e. The van der Waals surface area contributed by atoms with Crippen molar-refractivity contribution in [3.05, 3.63) is 35.7 Å². The number of nitrogens with one attached hydrogen (secondary N) is 1. The lowest BCUT2D eigenvalue weighted by atomic mass is 9.87. The van der Waals surface area contributed by atoms with Crippen LogP contribution in [0.25, 0.3) is 0 Å². The van der Waals surface area contributed by atoms with Crippen molar-refractivity contribution in [1.29, 1.82) is 0 Å². The van der Waals surface area contributed by atoms with Gasteiger partial charge in [-0.05, 0) is 36.0 Å². The Kier molecular flexibility index (Phi) is 8.06. The number of carbonyl (C=O) groups excluding carboxylic acids is 2. The molecule has 0 spiro atoms. The summed E-state index contributed by atoms with van der Waals surface area (Å²) < 4.78 is 1.99. The summed E-state index contributed by atoms with van der Waals surface area (Å²) in [7, 11) is 0. The molecule has 0 saturated heterocycles. The molecule has 164 valence electrons. The van der Waals surface area contributed by atoms with Gasteiger partial charge in [0.05, 0.1) is 5.25 Å². The number of rotatable bonds is 9. The molecule has 0 bridgehead atoms. The molecule has 30 heavy (non-hydrogen) atoms. The third-order valence-corrected chi connectivity index (χ3v) is 5.69. The molecule has 1 aromatic carbocycles. The Morgan fingerprint density at radius 3 is 2.30 bits per heavy atom. The molecule has 2 amide bonds. The first-order valence-corrected chi connectivity index (χ1v) is 11.1. The highest BCUT2D eigenvalue weighted by Gasteiger charge is 2.21. The number of amides is 2.